The van der Waals surface area contributed by atoms with Gasteiger partial charge in [-0.25, -0.2) is 24.3 Å². The molecule has 0 aliphatic heterocycles. The van der Waals surface area contributed by atoms with Crippen LogP contribution >= 0.6 is 22.6 Å². The minimum Gasteiger partial charge on any atom is -0.273 e. The van der Waals surface area contributed by atoms with Crippen molar-refractivity contribution in [2.45, 2.75) is 12.8 Å². The molecule has 0 amide bonds. The molecule has 0 unspecified atom stereocenters. The quantitative estimate of drug-likeness (QED) is 0.410. The van der Waals surface area contributed by atoms with Crippen LogP contribution in [-0.4, -0.2) is 0 Å². The maximum atomic E-state index is 2.99. The largest absolute Gasteiger partial charge is 2.00 e. The van der Waals surface area contributed by atoms with E-state index in [1.54, 1.807) is 0 Å². The fraction of sp³-hybridized carbons (Fsp3) is 0.125. The summed E-state index contributed by atoms with van der Waals surface area (Å²) in [6.45, 7) is 0. The summed E-state index contributed by atoms with van der Waals surface area (Å²) in [6, 6.07) is 10.2. The number of benzene rings is 1. The summed E-state index contributed by atoms with van der Waals surface area (Å²) >= 11 is 2.28. The Morgan fingerprint density at radius 1 is 0.833 bits per heavy atom. The minimum absolute atomic E-state index is 0. The molecule has 0 N–H and O–H groups in total. The van der Waals surface area contributed by atoms with Crippen LogP contribution in [0.15, 0.2) is 66.8 Å². The van der Waals surface area contributed by atoms with Crippen LogP contribution in [0, 0.1) is 15.7 Å². The van der Waals surface area contributed by atoms with Gasteiger partial charge in [-0.1, -0.05) is 18.2 Å². The number of halogens is 1. The van der Waals surface area contributed by atoms with Crippen molar-refractivity contribution in [3.05, 3.63) is 82.5 Å². The Kier molecular flexibility index (Phi) is 13.1. The van der Waals surface area contributed by atoms with Crippen molar-refractivity contribution in [1.29, 1.82) is 0 Å². The van der Waals surface area contributed by atoms with E-state index in [1.807, 2.05) is 42.5 Å². The van der Waals surface area contributed by atoms with Crippen LogP contribution in [0.1, 0.15) is 12.8 Å². The Hall–Kier alpha value is -0.207. The van der Waals surface area contributed by atoms with E-state index in [-0.39, 0.29) is 26.2 Å². The van der Waals surface area contributed by atoms with Gasteiger partial charge >= 0.3 is 26.2 Å². The Labute approximate surface area is 143 Å². The van der Waals surface area contributed by atoms with Crippen LogP contribution in [0.3, 0.4) is 0 Å². The van der Waals surface area contributed by atoms with Crippen molar-refractivity contribution in [3.8, 4) is 0 Å². The number of hydrogen-bond acceptors (Lipinski definition) is 0. The van der Waals surface area contributed by atoms with Crippen LogP contribution in [0.4, 0.5) is 0 Å². The molecule has 0 aromatic heterocycles. The molecule has 0 fully saturated rings. The zero-order chi connectivity index (χ0) is 12.2. The molecule has 1 aromatic rings. The Morgan fingerprint density at radius 2 is 1.33 bits per heavy atom. The van der Waals surface area contributed by atoms with Crippen LogP contribution in [0.2, 0.25) is 0 Å². The molecule has 2 heteroatoms. The molecule has 0 radical (unpaired) electrons. The van der Waals surface area contributed by atoms with Gasteiger partial charge in [-0.05, 0) is 34.7 Å². The predicted molar refractivity (Wildman–Crippen MR) is 82.3 cm³/mol. The van der Waals surface area contributed by atoms with E-state index in [4.69, 9.17) is 0 Å². The molecule has 90 valence electrons. The van der Waals surface area contributed by atoms with Gasteiger partial charge in [-0.2, -0.15) is 12.2 Å². The summed E-state index contributed by atoms with van der Waals surface area (Å²) in [4.78, 5) is 0. The van der Waals surface area contributed by atoms with Crippen LogP contribution in [-0.2, 0) is 26.2 Å². The van der Waals surface area contributed by atoms with Gasteiger partial charge in [0, 0.05) is 3.57 Å². The Morgan fingerprint density at radius 3 is 1.50 bits per heavy atom. The first kappa shape index (κ1) is 17.8. The van der Waals surface area contributed by atoms with E-state index >= 15 is 0 Å². The van der Waals surface area contributed by atoms with Gasteiger partial charge in [-0.3, -0.25) is 12.2 Å². The zero-order valence-electron chi connectivity index (χ0n) is 10.1. The summed E-state index contributed by atoms with van der Waals surface area (Å²) in [5, 5.41) is 0. The van der Waals surface area contributed by atoms with Gasteiger partial charge in [0.05, 0.1) is 0 Å². The summed E-state index contributed by atoms with van der Waals surface area (Å²) in [6.07, 6.45) is 20.0. The molecule has 0 saturated heterocycles. The van der Waals surface area contributed by atoms with Crippen molar-refractivity contribution in [2.24, 2.45) is 0 Å². The standard InChI is InChI=1S/C6H5I.2C5H5.Zr/c7-6-4-2-1-3-5-6;2*1-2-4-5-3-1;/h1-5H;2*1-3H,4H2;/q;2*-1;+2. The summed E-state index contributed by atoms with van der Waals surface area (Å²) in [5.41, 5.74) is 0. The van der Waals surface area contributed by atoms with Crippen LogP contribution < -0.4 is 0 Å². The van der Waals surface area contributed by atoms with Gasteiger partial charge in [0.15, 0.2) is 0 Å². The summed E-state index contributed by atoms with van der Waals surface area (Å²) < 4.78 is 1.29. The normalized spacial score (nSPS) is 13.2. The van der Waals surface area contributed by atoms with Crippen molar-refractivity contribution >= 4 is 22.6 Å². The molecular formula is C16H15IZr. The molecule has 1 aromatic carbocycles. The molecule has 0 spiro atoms. The summed E-state index contributed by atoms with van der Waals surface area (Å²) in [5.74, 6) is 0. The molecule has 0 nitrogen and oxygen atoms in total. The third-order valence-corrected chi connectivity index (χ3v) is 2.62. The number of hydrogen-bond donors (Lipinski definition) is 0. The molecule has 0 bridgehead atoms. The van der Waals surface area contributed by atoms with Gasteiger partial charge in [-0.15, -0.1) is 12.8 Å². The monoisotopic (exact) mass is 424 g/mol. The van der Waals surface area contributed by atoms with E-state index < -0.39 is 0 Å². The van der Waals surface area contributed by atoms with Gasteiger partial charge in [0.25, 0.3) is 0 Å². The first-order valence-corrected chi connectivity index (χ1v) is 6.61. The molecule has 0 heterocycles. The second kappa shape index (κ2) is 13.2. The van der Waals surface area contributed by atoms with Crippen molar-refractivity contribution in [2.75, 3.05) is 0 Å². The fourth-order valence-electron chi connectivity index (χ4n) is 1.10. The maximum Gasteiger partial charge on any atom is 2.00 e. The van der Waals surface area contributed by atoms with Crippen LogP contribution in [0.5, 0.6) is 0 Å². The van der Waals surface area contributed by atoms with E-state index in [2.05, 4.69) is 59.0 Å². The summed E-state index contributed by atoms with van der Waals surface area (Å²) in [7, 11) is 0. The van der Waals surface area contributed by atoms with Gasteiger partial charge in [0.2, 0.25) is 0 Å². The first-order valence-electron chi connectivity index (χ1n) is 5.53. The maximum absolute atomic E-state index is 2.99. The fourth-order valence-corrected chi connectivity index (χ4v) is 1.51. The average Bonchev–Trinajstić information content (AvgIpc) is 3.09. The smallest absolute Gasteiger partial charge is 0.273 e. The Balaban J connectivity index is 0.000000239. The SMILES string of the molecule is Ic1ccccc1.[C-]1=CC=CC1.[C-]1=CC=CC1.[Zr+2]. The number of allylic oxidation sites excluding steroid dienone is 8. The van der Waals surface area contributed by atoms with E-state index in [0.29, 0.717) is 0 Å². The number of rotatable bonds is 0. The average molecular weight is 425 g/mol. The van der Waals surface area contributed by atoms with Gasteiger partial charge < -0.3 is 0 Å². The molecule has 0 atom stereocenters. The van der Waals surface area contributed by atoms with Gasteiger partial charge in [0.1, 0.15) is 0 Å². The minimum atomic E-state index is 0. The van der Waals surface area contributed by atoms with E-state index in [0.717, 1.165) is 12.8 Å². The third-order valence-electron chi connectivity index (χ3n) is 1.90. The third kappa shape index (κ3) is 10.9. The predicted octanol–water partition coefficient (Wildman–Crippen LogP) is 4.90. The van der Waals surface area contributed by atoms with Crippen LogP contribution in [0.25, 0.3) is 0 Å². The second-order valence-electron chi connectivity index (χ2n) is 3.30. The van der Waals surface area contributed by atoms with E-state index in [9.17, 15) is 0 Å². The van der Waals surface area contributed by atoms with Crippen molar-refractivity contribution in [1.82, 2.24) is 0 Å². The van der Waals surface area contributed by atoms with E-state index in [1.165, 1.54) is 3.57 Å². The first-order chi connectivity index (χ1) is 8.39. The molecule has 18 heavy (non-hydrogen) atoms. The Bertz CT molecular complexity index is 360. The molecule has 0 saturated carbocycles. The molecule has 3 rings (SSSR count). The van der Waals surface area contributed by atoms with Crippen molar-refractivity contribution < 1.29 is 26.2 Å². The topological polar surface area (TPSA) is 0 Å². The van der Waals surface area contributed by atoms with Crippen molar-refractivity contribution in [3.63, 3.8) is 0 Å². The zero-order valence-corrected chi connectivity index (χ0v) is 14.8. The molecule has 2 aliphatic carbocycles. The molecule has 2 aliphatic rings. The molecular weight excluding hydrogens is 410 g/mol. The second-order valence-corrected chi connectivity index (χ2v) is 4.55.